The van der Waals surface area contributed by atoms with Gasteiger partial charge in [0.15, 0.2) is 16.6 Å². The Morgan fingerprint density at radius 3 is 2.68 bits per heavy atom. The predicted molar refractivity (Wildman–Crippen MR) is 99.7 cm³/mol. The Morgan fingerprint density at radius 1 is 1.28 bits per heavy atom. The van der Waals surface area contributed by atoms with Crippen LogP contribution in [0.25, 0.3) is 0 Å². The molecule has 1 aliphatic heterocycles. The normalized spacial score (nSPS) is 16.8. The molecule has 0 fully saturated rings. The number of esters is 1. The van der Waals surface area contributed by atoms with Gasteiger partial charge in [0.25, 0.3) is 0 Å². The summed E-state index contributed by atoms with van der Waals surface area (Å²) >= 11 is 5.23. The van der Waals surface area contributed by atoms with Crippen molar-refractivity contribution < 1.29 is 19.0 Å². The summed E-state index contributed by atoms with van der Waals surface area (Å²) in [5.74, 6) is 0.880. The smallest absolute Gasteiger partial charge is 0.337 e. The van der Waals surface area contributed by atoms with Crippen LogP contribution in [-0.2, 0) is 9.53 Å². The summed E-state index contributed by atoms with van der Waals surface area (Å²) in [5, 5.41) is 6.53. The number of rotatable bonds is 7. The van der Waals surface area contributed by atoms with E-state index in [1.807, 2.05) is 18.2 Å². The molecule has 6 nitrogen and oxygen atoms in total. The molecular formula is C18H24N2O4S. The average molecular weight is 364 g/mol. The Labute approximate surface area is 153 Å². The summed E-state index contributed by atoms with van der Waals surface area (Å²) in [4.78, 5) is 12.2. The van der Waals surface area contributed by atoms with Crippen molar-refractivity contribution in [2.24, 2.45) is 0 Å². The van der Waals surface area contributed by atoms with Gasteiger partial charge in [0.05, 0.1) is 32.4 Å². The molecule has 7 heteroatoms. The molecule has 0 radical (unpaired) electrons. The molecule has 1 aliphatic rings. The highest BCUT2D eigenvalue weighted by molar-refractivity contribution is 7.80. The Bertz CT molecular complexity index is 688. The van der Waals surface area contributed by atoms with E-state index in [4.69, 9.17) is 26.4 Å². The van der Waals surface area contributed by atoms with Gasteiger partial charge in [-0.05, 0) is 43.3 Å². The van der Waals surface area contributed by atoms with Crippen molar-refractivity contribution in [1.29, 1.82) is 0 Å². The first kappa shape index (κ1) is 19.1. The lowest BCUT2D eigenvalue weighted by Gasteiger charge is -2.30. The van der Waals surface area contributed by atoms with Crippen molar-refractivity contribution >= 4 is 23.3 Å². The number of carbonyl (C=O) groups is 1. The van der Waals surface area contributed by atoms with Crippen molar-refractivity contribution in [3.8, 4) is 11.5 Å². The number of allylic oxidation sites excluding steroid dienone is 1. The molecule has 0 amide bonds. The third-order valence-corrected chi connectivity index (χ3v) is 4.17. The second-order valence-corrected chi connectivity index (χ2v) is 6.08. The minimum absolute atomic E-state index is 0.410. The summed E-state index contributed by atoms with van der Waals surface area (Å²) in [6, 6.07) is 5.18. The summed E-state index contributed by atoms with van der Waals surface area (Å²) in [6.07, 6.45) is 2.03. The van der Waals surface area contributed by atoms with Gasteiger partial charge < -0.3 is 24.8 Å². The minimum atomic E-state index is -0.417. The van der Waals surface area contributed by atoms with Crippen LogP contribution in [0.3, 0.4) is 0 Å². The van der Waals surface area contributed by atoms with Crippen molar-refractivity contribution in [3.05, 3.63) is 35.0 Å². The van der Waals surface area contributed by atoms with Crippen LogP contribution < -0.4 is 20.1 Å². The van der Waals surface area contributed by atoms with Crippen LogP contribution in [0.2, 0.25) is 0 Å². The van der Waals surface area contributed by atoms with E-state index in [-0.39, 0.29) is 0 Å². The monoisotopic (exact) mass is 364 g/mol. The van der Waals surface area contributed by atoms with Gasteiger partial charge in [-0.2, -0.15) is 0 Å². The van der Waals surface area contributed by atoms with E-state index in [1.54, 1.807) is 14.0 Å². The Balaban J connectivity index is 2.36. The molecule has 0 aliphatic carbocycles. The van der Waals surface area contributed by atoms with Crippen LogP contribution >= 0.6 is 12.2 Å². The number of hydrogen-bond acceptors (Lipinski definition) is 5. The van der Waals surface area contributed by atoms with Crippen LogP contribution in [0, 0.1) is 0 Å². The van der Waals surface area contributed by atoms with Gasteiger partial charge in [-0.3, -0.25) is 0 Å². The highest BCUT2D eigenvalue weighted by Gasteiger charge is 2.31. The lowest BCUT2D eigenvalue weighted by atomic mass is 9.95. The largest absolute Gasteiger partial charge is 0.493 e. The number of nitrogens with one attached hydrogen (secondary N) is 2. The lowest BCUT2D eigenvalue weighted by molar-refractivity contribution is -0.136. The van der Waals surface area contributed by atoms with E-state index in [1.165, 1.54) is 7.11 Å². The van der Waals surface area contributed by atoms with Crippen molar-refractivity contribution in [2.75, 3.05) is 20.8 Å². The molecule has 25 heavy (non-hydrogen) atoms. The van der Waals surface area contributed by atoms with Crippen LogP contribution in [-0.4, -0.2) is 31.9 Å². The minimum Gasteiger partial charge on any atom is -0.493 e. The molecule has 1 aromatic rings. The molecule has 2 N–H and O–H groups in total. The van der Waals surface area contributed by atoms with E-state index in [2.05, 4.69) is 17.6 Å². The fraction of sp³-hybridized carbons (Fsp3) is 0.444. The Morgan fingerprint density at radius 2 is 2.04 bits per heavy atom. The lowest BCUT2D eigenvalue weighted by Crippen LogP contribution is -2.45. The highest BCUT2D eigenvalue weighted by Crippen LogP contribution is 2.34. The molecule has 1 unspecified atom stereocenters. The molecule has 1 aromatic carbocycles. The number of ether oxygens (including phenoxy) is 3. The molecule has 1 heterocycles. The number of thiocarbonyl (C=S) groups is 1. The first-order valence-electron chi connectivity index (χ1n) is 8.19. The van der Waals surface area contributed by atoms with Crippen molar-refractivity contribution in [1.82, 2.24) is 10.6 Å². The van der Waals surface area contributed by atoms with Crippen LogP contribution in [0.15, 0.2) is 29.5 Å². The van der Waals surface area contributed by atoms with E-state index in [9.17, 15) is 4.79 Å². The number of hydrogen-bond donors (Lipinski definition) is 2. The van der Waals surface area contributed by atoms with E-state index in [0.717, 1.165) is 18.4 Å². The fourth-order valence-electron chi connectivity index (χ4n) is 2.63. The molecule has 136 valence electrons. The molecule has 0 spiro atoms. The van der Waals surface area contributed by atoms with Crippen LogP contribution in [0.1, 0.15) is 38.3 Å². The Hall–Kier alpha value is -2.28. The first-order valence-corrected chi connectivity index (χ1v) is 8.60. The van der Waals surface area contributed by atoms with Crippen LogP contribution in [0.5, 0.6) is 11.5 Å². The fourth-order valence-corrected chi connectivity index (χ4v) is 2.90. The zero-order valence-corrected chi connectivity index (χ0v) is 15.8. The van der Waals surface area contributed by atoms with E-state index < -0.39 is 12.0 Å². The Kier molecular flexibility index (Phi) is 6.64. The molecule has 0 bridgehead atoms. The van der Waals surface area contributed by atoms with Gasteiger partial charge in [0, 0.05) is 5.70 Å². The van der Waals surface area contributed by atoms with Gasteiger partial charge in [-0.1, -0.05) is 19.4 Å². The van der Waals surface area contributed by atoms with E-state index in [0.29, 0.717) is 34.5 Å². The molecule has 0 saturated carbocycles. The summed E-state index contributed by atoms with van der Waals surface area (Å²) in [5.41, 5.74) is 1.99. The maximum atomic E-state index is 12.2. The topological polar surface area (TPSA) is 68.8 Å². The van der Waals surface area contributed by atoms with Gasteiger partial charge in [0.2, 0.25) is 0 Å². The van der Waals surface area contributed by atoms with Gasteiger partial charge >= 0.3 is 5.97 Å². The van der Waals surface area contributed by atoms with Gasteiger partial charge in [0.1, 0.15) is 0 Å². The molecule has 1 atom stereocenters. The maximum absolute atomic E-state index is 12.2. The van der Waals surface area contributed by atoms with Gasteiger partial charge in [-0.15, -0.1) is 0 Å². The summed E-state index contributed by atoms with van der Waals surface area (Å²) < 4.78 is 16.1. The highest BCUT2D eigenvalue weighted by atomic mass is 32.1. The number of carbonyl (C=O) groups excluding carboxylic acids is 1. The molecule has 0 aromatic heterocycles. The predicted octanol–water partition coefficient (Wildman–Crippen LogP) is 2.84. The van der Waals surface area contributed by atoms with Crippen molar-refractivity contribution in [3.63, 3.8) is 0 Å². The quantitative estimate of drug-likeness (QED) is 0.438. The maximum Gasteiger partial charge on any atom is 0.337 e. The second kappa shape index (κ2) is 8.71. The zero-order chi connectivity index (χ0) is 18.4. The first-order chi connectivity index (χ1) is 12.0. The summed E-state index contributed by atoms with van der Waals surface area (Å²) in [7, 11) is 2.95. The molecule has 2 rings (SSSR count). The molecular weight excluding hydrogens is 340 g/mol. The van der Waals surface area contributed by atoms with E-state index >= 15 is 0 Å². The second-order valence-electron chi connectivity index (χ2n) is 5.67. The number of benzene rings is 1. The zero-order valence-electron chi connectivity index (χ0n) is 15.0. The third kappa shape index (κ3) is 4.42. The molecule has 0 saturated heterocycles. The average Bonchev–Trinajstić information content (AvgIpc) is 2.60. The number of methoxy groups -OCH3 is 2. The van der Waals surface area contributed by atoms with Crippen LogP contribution in [0.4, 0.5) is 0 Å². The SMILES string of the molecule is CCCCOc1ccc(C2NC(=S)NC(C)=C2C(=O)OC)cc1OC. The third-order valence-electron chi connectivity index (χ3n) is 3.95. The van der Waals surface area contributed by atoms with Gasteiger partial charge in [-0.25, -0.2) is 4.79 Å². The summed E-state index contributed by atoms with van der Waals surface area (Å²) in [6.45, 7) is 4.54. The number of unbranched alkanes of at least 4 members (excludes halogenated alkanes) is 1. The van der Waals surface area contributed by atoms with Crippen molar-refractivity contribution in [2.45, 2.75) is 32.7 Å². The standard InChI is InChI=1S/C18H24N2O4S/c1-5-6-9-24-13-8-7-12(10-14(13)22-3)16-15(17(21)23-4)11(2)19-18(25)20-16/h7-8,10,16H,5-6,9H2,1-4H3,(H2,19,20,25).